The molecule has 158 valence electrons. The van der Waals surface area contributed by atoms with Crippen molar-refractivity contribution in [2.45, 2.75) is 32.7 Å². The second-order valence-electron chi connectivity index (χ2n) is 7.65. The standard InChI is InChI=1S/C23H23N5O3/c1-4-15-11-17(19-13(2)27-31-22(19)26-15)23(29)28-10-9-18-20(25-12-24-18)21(28)14-5-7-16(30-3)8-6-14/h5-8,11-12,21H,4,9-10H2,1-3H3,(H,24,25)/t21-/m0/s1. The highest BCUT2D eigenvalue weighted by molar-refractivity contribution is 6.06. The minimum absolute atomic E-state index is 0.0807. The maximum atomic E-state index is 13.9. The number of pyridine rings is 1. The highest BCUT2D eigenvalue weighted by Crippen LogP contribution is 2.36. The topological polar surface area (TPSA) is 97.1 Å². The Morgan fingerprint density at radius 3 is 2.87 bits per heavy atom. The number of aromatic amines is 1. The summed E-state index contributed by atoms with van der Waals surface area (Å²) in [5, 5.41) is 4.71. The van der Waals surface area contributed by atoms with Gasteiger partial charge in [0.25, 0.3) is 11.6 Å². The molecular weight excluding hydrogens is 394 g/mol. The van der Waals surface area contributed by atoms with Crippen molar-refractivity contribution in [2.24, 2.45) is 0 Å². The highest BCUT2D eigenvalue weighted by atomic mass is 16.5. The number of nitrogens with one attached hydrogen (secondary N) is 1. The molecule has 1 amide bonds. The van der Waals surface area contributed by atoms with Crippen molar-refractivity contribution >= 4 is 17.0 Å². The first-order chi connectivity index (χ1) is 15.1. The van der Waals surface area contributed by atoms with E-state index in [1.165, 1.54) is 0 Å². The summed E-state index contributed by atoms with van der Waals surface area (Å²) < 4.78 is 10.7. The minimum atomic E-state index is -0.304. The average molecular weight is 417 g/mol. The van der Waals surface area contributed by atoms with Gasteiger partial charge in [-0.1, -0.05) is 24.2 Å². The predicted octanol–water partition coefficient (Wildman–Crippen LogP) is 3.61. The number of hydrogen-bond acceptors (Lipinski definition) is 6. The molecule has 8 heteroatoms. The van der Waals surface area contributed by atoms with E-state index in [-0.39, 0.29) is 11.9 Å². The zero-order valence-electron chi connectivity index (χ0n) is 17.7. The van der Waals surface area contributed by atoms with Gasteiger partial charge in [-0.3, -0.25) is 4.79 Å². The van der Waals surface area contributed by atoms with E-state index in [1.807, 2.05) is 49.1 Å². The first kappa shape index (κ1) is 19.3. The van der Waals surface area contributed by atoms with Gasteiger partial charge in [-0.15, -0.1) is 0 Å². The van der Waals surface area contributed by atoms with Crippen LogP contribution in [0.25, 0.3) is 11.1 Å². The first-order valence-electron chi connectivity index (χ1n) is 10.3. The Labute approximate surface area is 179 Å². The smallest absolute Gasteiger partial charge is 0.258 e. The molecule has 0 aliphatic carbocycles. The molecule has 8 nitrogen and oxygen atoms in total. The molecule has 0 saturated carbocycles. The fraction of sp³-hybridized carbons (Fsp3) is 0.304. The van der Waals surface area contributed by atoms with E-state index in [2.05, 4.69) is 20.1 Å². The Balaban J connectivity index is 1.64. The lowest BCUT2D eigenvalue weighted by atomic mass is 9.94. The lowest BCUT2D eigenvalue weighted by Crippen LogP contribution is -2.41. The summed E-state index contributed by atoms with van der Waals surface area (Å²) in [7, 11) is 1.64. The number of aromatic nitrogens is 4. The zero-order chi connectivity index (χ0) is 21.5. The Morgan fingerprint density at radius 2 is 2.13 bits per heavy atom. The van der Waals surface area contributed by atoms with E-state index in [0.717, 1.165) is 28.4 Å². The predicted molar refractivity (Wildman–Crippen MR) is 114 cm³/mol. The molecular formula is C23H23N5O3. The van der Waals surface area contributed by atoms with E-state index in [9.17, 15) is 4.79 Å². The number of fused-ring (bicyclic) bond motifs is 2. The van der Waals surface area contributed by atoms with Crippen molar-refractivity contribution in [1.82, 2.24) is 25.0 Å². The normalized spacial score (nSPS) is 15.8. The molecule has 0 unspecified atom stereocenters. The third-order valence-electron chi connectivity index (χ3n) is 5.88. The molecule has 4 aromatic rings. The number of amides is 1. The van der Waals surface area contributed by atoms with Gasteiger partial charge in [0.05, 0.1) is 35.8 Å². The van der Waals surface area contributed by atoms with Crippen molar-refractivity contribution in [3.63, 3.8) is 0 Å². The molecule has 1 atom stereocenters. The molecule has 0 saturated heterocycles. The fourth-order valence-corrected chi connectivity index (χ4v) is 4.27. The zero-order valence-corrected chi connectivity index (χ0v) is 17.7. The number of nitrogens with zero attached hydrogens (tertiary/aromatic N) is 4. The van der Waals surface area contributed by atoms with Crippen molar-refractivity contribution < 1.29 is 14.1 Å². The average Bonchev–Trinajstić information content (AvgIpc) is 3.44. The van der Waals surface area contributed by atoms with Crippen LogP contribution >= 0.6 is 0 Å². The maximum Gasteiger partial charge on any atom is 0.258 e. The number of hydrogen-bond donors (Lipinski definition) is 1. The molecule has 1 aliphatic heterocycles. The van der Waals surface area contributed by atoms with Crippen LogP contribution in [-0.4, -0.2) is 44.6 Å². The van der Waals surface area contributed by atoms with E-state index in [1.54, 1.807) is 13.4 Å². The quantitative estimate of drug-likeness (QED) is 0.545. The lowest BCUT2D eigenvalue weighted by molar-refractivity contribution is 0.0692. The van der Waals surface area contributed by atoms with Gasteiger partial charge in [0.15, 0.2) is 0 Å². The van der Waals surface area contributed by atoms with Gasteiger partial charge in [-0.2, -0.15) is 0 Å². The van der Waals surface area contributed by atoms with Crippen LogP contribution in [0.4, 0.5) is 0 Å². The third kappa shape index (κ3) is 3.15. The SMILES string of the molecule is CCc1cc(C(=O)N2CCc3[nH]cnc3[C@@H]2c2ccc(OC)cc2)c2c(C)noc2n1. The van der Waals surface area contributed by atoms with Gasteiger partial charge in [0.2, 0.25) is 0 Å². The molecule has 1 N–H and O–H groups in total. The molecule has 0 radical (unpaired) electrons. The summed E-state index contributed by atoms with van der Waals surface area (Å²) >= 11 is 0. The number of imidazole rings is 1. The molecule has 0 fully saturated rings. The van der Waals surface area contributed by atoms with E-state index in [0.29, 0.717) is 41.7 Å². The molecule has 1 aromatic carbocycles. The number of rotatable bonds is 4. The number of carbonyl (C=O) groups excluding carboxylic acids is 1. The van der Waals surface area contributed by atoms with Gasteiger partial charge in [-0.05, 0) is 37.1 Å². The summed E-state index contributed by atoms with van der Waals surface area (Å²) in [4.78, 5) is 28.1. The number of benzene rings is 1. The van der Waals surface area contributed by atoms with Crippen LogP contribution in [0.5, 0.6) is 5.75 Å². The summed E-state index contributed by atoms with van der Waals surface area (Å²) in [6.07, 6.45) is 3.10. The lowest BCUT2D eigenvalue weighted by Gasteiger charge is -2.35. The Bertz CT molecular complexity index is 1260. The van der Waals surface area contributed by atoms with E-state index >= 15 is 0 Å². The second-order valence-corrected chi connectivity index (χ2v) is 7.65. The largest absolute Gasteiger partial charge is 0.497 e. The third-order valence-corrected chi connectivity index (χ3v) is 5.88. The van der Waals surface area contributed by atoms with Crippen LogP contribution in [0.2, 0.25) is 0 Å². The van der Waals surface area contributed by atoms with Crippen LogP contribution in [0.15, 0.2) is 41.2 Å². The number of methoxy groups -OCH3 is 1. The monoisotopic (exact) mass is 417 g/mol. The number of ether oxygens (including phenoxy) is 1. The van der Waals surface area contributed by atoms with Crippen LogP contribution < -0.4 is 4.74 Å². The van der Waals surface area contributed by atoms with Crippen molar-refractivity contribution in [2.75, 3.05) is 13.7 Å². The van der Waals surface area contributed by atoms with Crippen LogP contribution in [0.3, 0.4) is 0 Å². The minimum Gasteiger partial charge on any atom is -0.497 e. The fourth-order valence-electron chi connectivity index (χ4n) is 4.27. The van der Waals surface area contributed by atoms with Crippen LogP contribution in [-0.2, 0) is 12.8 Å². The molecule has 0 bridgehead atoms. The van der Waals surface area contributed by atoms with Crippen LogP contribution in [0, 0.1) is 6.92 Å². The number of H-pyrrole nitrogens is 1. The molecule has 5 rings (SSSR count). The molecule has 0 spiro atoms. The Hall–Kier alpha value is -3.68. The van der Waals surface area contributed by atoms with Crippen molar-refractivity contribution in [3.8, 4) is 5.75 Å². The summed E-state index contributed by atoms with van der Waals surface area (Å²) in [5.74, 6) is 0.686. The maximum absolute atomic E-state index is 13.9. The highest BCUT2D eigenvalue weighted by Gasteiger charge is 2.35. The Kier molecular flexibility index (Phi) is 4.69. The van der Waals surface area contributed by atoms with Crippen molar-refractivity contribution in [3.05, 3.63) is 70.6 Å². The number of aryl methyl sites for hydroxylation is 2. The van der Waals surface area contributed by atoms with Gasteiger partial charge in [0.1, 0.15) is 11.8 Å². The van der Waals surface area contributed by atoms with Gasteiger partial charge >= 0.3 is 0 Å². The summed E-state index contributed by atoms with van der Waals surface area (Å²) in [6, 6.07) is 9.34. The molecule has 31 heavy (non-hydrogen) atoms. The van der Waals surface area contributed by atoms with Crippen molar-refractivity contribution in [1.29, 1.82) is 0 Å². The van der Waals surface area contributed by atoms with Gasteiger partial charge < -0.3 is 19.1 Å². The van der Waals surface area contributed by atoms with Crippen LogP contribution in [0.1, 0.15) is 51.7 Å². The summed E-state index contributed by atoms with van der Waals surface area (Å²) in [5.41, 5.74) is 5.33. The molecule has 3 aromatic heterocycles. The molecule has 1 aliphatic rings. The number of carbonyl (C=O) groups is 1. The van der Waals surface area contributed by atoms with Gasteiger partial charge in [-0.25, -0.2) is 9.97 Å². The Morgan fingerprint density at radius 1 is 1.32 bits per heavy atom. The van der Waals surface area contributed by atoms with E-state index in [4.69, 9.17) is 9.26 Å². The van der Waals surface area contributed by atoms with Gasteiger partial charge in [0, 0.05) is 24.4 Å². The summed E-state index contributed by atoms with van der Waals surface area (Å²) in [6.45, 7) is 4.40. The van der Waals surface area contributed by atoms with E-state index < -0.39 is 0 Å². The second kappa shape index (κ2) is 7.54. The molecule has 4 heterocycles. The first-order valence-corrected chi connectivity index (χ1v) is 10.3.